The van der Waals surface area contributed by atoms with E-state index in [2.05, 4.69) is 4.98 Å². The van der Waals surface area contributed by atoms with Crippen molar-refractivity contribution in [2.45, 2.75) is 6.61 Å². The lowest BCUT2D eigenvalue weighted by molar-refractivity contribution is 0.0600. The first-order chi connectivity index (χ1) is 10.7. The van der Waals surface area contributed by atoms with Gasteiger partial charge in [-0.2, -0.15) is 0 Å². The molecule has 3 aromatic rings. The summed E-state index contributed by atoms with van der Waals surface area (Å²) < 4.78 is 10.5. The second kappa shape index (κ2) is 5.91. The molecule has 0 saturated carbocycles. The van der Waals surface area contributed by atoms with E-state index in [1.165, 1.54) is 7.11 Å². The standard InChI is InChI=1S/C17H15NO4/c1-21-17(20)11-3-2-4-12(9-11)22-16-6-5-15-13(7-8-18-15)14(16)10-19/h2-9,18-19H,10H2,1H3. The van der Waals surface area contributed by atoms with E-state index < -0.39 is 5.97 Å². The van der Waals surface area contributed by atoms with E-state index in [9.17, 15) is 9.90 Å². The lowest BCUT2D eigenvalue weighted by atomic mass is 10.1. The molecule has 112 valence electrons. The molecule has 0 aliphatic heterocycles. The van der Waals surface area contributed by atoms with Crippen molar-refractivity contribution in [2.75, 3.05) is 7.11 Å². The predicted molar refractivity (Wildman–Crippen MR) is 82.1 cm³/mol. The van der Waals surface area contributed by atoms with Crippen LogP contribution < -0.4 is 4.74 Å². The highest BCUT2D eigenvalue weighted by molar-refractivity contribution is 5.89. The number of benzene rings is 2. The summed E-state index contributed by atoms with van der Waals surface area (Å²) in [6.45, 7) is -0.138. The van der Waals surface area contributed by atoms with E-state index in [0.717, 1.165) is 10.9 Å². The SMILES string of the molecule is COC(=O)c1cccc(Oc2ccc3[nH]ccc3c2CO)c1. The largest absolute Gasteiger partial charge is 0.465 e. The molecule has 2 aromatic carbocycles. The molecule has 0 saturated heterocycles. The van der Waals surface area contributed by atoms with Crippen LogP contribution in [-0.4, -0.2) is 23.2 Å². The molecule has 22 heavy (non-hydrogen) atoms. The number of fused-ring (bicyclic) bond motifs is 1. The van der Waals surface area contributed by atoms with Gasteiger partial charge in [0.05, 0.1) is 19.3 Å². The van der Waals surface area contributed by atoms with Crippen molar-refractivity contribution in [1.29, 1.82) is 0 Å². The molecule has 1 aromatic heterocycles. The Labute approximate surface area is 127 Å². The maximum Gasteiger partial charge on any atom is 0.337 e. The average molecular weight is 297 g/mol. The van der Waals surface area contributed by atoms with Crippen LogP contribution in [0.4, 0.5) is 0 Å². The molecule has 0 aliphatic rings. The van der Waals surface area contributed by atoms with Crippen molar-refractivity contribution in [3.63, 3.8) is 0 Å². The number of ether oxygens (including phenoxy) is 2. The molecule has 0 aliphatic carbocycles. The zero-order chi connectivity index (χ0) is 15.5. The van der Waals surface area contributed by atoms with Crippen LogP contribution >= 0.6 is 0 Å². The fraction of sp³-hybridized carbons (Fsp3) is 0.118. The van der Waals surface area contributed by atoms with Crippen molar-refractivity contribution < 1.29 is 19.4 Å². The predicted octanol–water partition coefficient (Wildman–Crippen LogP) is 3.24. The molecule has 0 radical (unpaired) electrons. The smallest absolute Gasteiger partial charge is 0.337 e. The Balaban J connectivity index is 1.97. The van der Waals surface area contributed by atoms with E-state index in [4.69, 9.17) is 9.47 Å². The average Bonchev–Trinajstić information content (AvgIpc) is 3.03. The number of methoxy groups -OCH3 is 1. The van der Waals surface area contributed by atoms with Gasteiger partial charge in [0.25, 0.3) is 0 Å². The number of aliphatic hydroxyl groups is 1. The topological polar surface area (TPSA) is 71.5 Å². The minimum Gasteiger partial charge on any atom is -0.465 e. The van der Waals surface area contributed by atoms with E-state index in [0.29, 0.717) is 22.6 Å². The number of nitrogens with one attached hydrogen (secondary N) is 1. The Kier molecular flexibility index (Phi) is 3.80. The van der Waals surface area contributed by atoms with Crippen LogP contribution in [0.1, 0.15) is 15.9 Å². The number of aromatic amines is 1. The second-order valence-electron chi connectivity index (χ2n) is 4.76. The quantitative estimate of drug-likeness (QED) is 0.725. The van der Waals surface area contributed by atoms with E-state index in [-0.39, 0.29) is 6.61 Å². The second-order valence-corrected chi connectivity index (χ2v) is 4.76. The molecule has 2 N–H and O–H groups in total. The summed E-state index contributed by atoms with van der Waals surface area (Å²) in [6, 6.07) is 12.3. The van der Waals surface area contributed by atoms with Crippen molar-refractivity contribution in [3.8, 4) is 11.5 Å². The monoisotopic (exact) mass is 297 g/mol. The normalized spacial score (nSPS) is 10.6. The van der Waals surface area contributed by atoms with Crippen LogP contribution in [0.2, 0.25) is 0 Å². The first-order valence-electron chi connectivity index (χ1n) is 6.79. The van der Waals surface area contributed by atoms with Gasteiger partial charge in [0.15, 0.2) is 0 Å². The van der Waals surface area contributed by atoms with E-state index >= 15 is 0 Å². The Morgan fingerprint density at radius 2 is 2.09 bits per heavy atom. The number of esters is 1. The van der Waals surface area contributed by atoms with Crippen LogP contribution in [0.3, 0.4) is 0 Å². The molecule has 0 spiro atoms. The van der Waals surface area contributed by atoms with Gasteiger partial charge in [-0.05, 0) is 36.4 Å². The number of rotatable bonds is 4. The maximum atomic E-state index is 11.6. The summed E-state index contributed by atoms with van der Waals surface area (Å²) in [5, 5.41) is 10.5. The molecular formula is C17H15NO4. The van der Waals surface area contributed by atoms with Crippen molar-refractivity contribution in [1.82, 2.24) is 4.98 Å². The molecule has 3 rings (SSSR count). The number of H-pyrrole nitrogens is 1. The first-order valence-corrected chi connectivity index (χ1v) is 6.79. The van der Waals surface area contributed by atoms with Gasteiger partial charge >= 0.3 is 5.97 Å². The molecule has 5 heteroatoms. The third kappa shape index (κ3) is 2.54. The minimum absolute atomic E-state index is 0.138. The molecule has 0 bridgehead atoms. The summed E-state index contributed by atoms with van der Waals surface area (Å²) in [6.07, 6.45) is 1.81. The van der Waals surface area contributed by atoms with Crippen LogP contribution in [-0.2, 0) is 11.3 Å². The van der Waals surface area contributed by atoms with Crippen molar-refractivity contribution in [2.24, 2.45) is 0 Å². The highest BCUT2D eigenvalue weighted by Gasteiger charge is 2.11. The maximum absolute atomic E-state index is 11.6. The fourth-order valence-electron chi connectivity index (χ4n) is 2.37. The Hall–Kier alpha value is -2.79. The molecule has 0 fully saturated rings. The van der Waals surface area contributed by atoms with Crippen LogP contribution in [0.15, 0.2) is 48.7 Å². The molecule has 0 atom stereocenters. The Morgan fingerprint density at radius 3 is 2.86 bits per heavy atom. The molecule has 1 heterocycles. The van der Waals surface area contributed by atoms with E-state index in [1.54, 1.807) is 30.3 Å². The van der Waals surface area contributed by atoms with Gasteiger partial charge in [0.2, 0.25) is 0 Å². The summed E-state index contributed by atoms with van der Waals surface area (Å²) in [4.78, 5) is 14.6. The molecule has 0 unspecified atom stereocenters. The number of aromatic nitrogens is 1. The van der Waals surface area contributed by atoms with Crippen LogP contribution in [0, 0.1) is 0 Å². The summed E-state index contributed by atoms with van der Waals surface area (Å²) in [5.74, 6) is 0.637. The minimum atomic E-state index is -0.422. The van der Waals surface area contributed by atoms with Crippen LogP contribution in [0.25, 0.3) is 10.9 Å². The highest BCUT2D eigenvalue weighted by atomic mass is 16.5. The van der Waals surface area contributed by atoms with E-state index in [1.807, 2.05) is 18.3 Å². The lowest BCUT2D eigenvalue weighted by Gasteiger charge is -2.11. The Morgan fingerprint density at radius 1 is 1.23 bits per heavy atom. The van der Waals surface area contributed by atoms with Gasteiger partial charge in [0, 0.05) is 22.7 Å². The van der Waals surface area contributed by atoms with Gasteiger partial charge in [-0.25, -0.2) is 4.79 Å². The first kappa shape index (κ1) is 14.2. The number of aliphatic hydroxyl groups excluding tert-OH is 1. The van der Waals surface area contributed by atoms with Gasteiger partial charge in [-0.3, -0.25) is 0 Å². The molecule has 5 nitrogen and oxygen atoms in total. The molecule has 0 amide bonds. The number of hydrogen-bond acceptors (Lipinski definition) is 4. The zero-order valence-electron chi connectivity index (χ0n) is 12.0. The van der Waals surface area contributed by atoms with Gasteiger partial charge in [-0.1, -0.05) is 6.07 Å². The van der Waals surface area contributed by atoms with Crippen molar-refractivity contribution in [3.05, 3.63) is 59.8 Å². The van der Waals surface area contributed by atoms with Gasteiger partial charge < -0.3 is 19.6 Å². The zero-order valence-corrected chi connectivity index (χ0v) is 12.0. The summed E-state index contributed by atoms with van der Waals surface area (Å²) >= 11 is 0. The number of carbonyl (C=O) groups is 1. The third-order valence-electron chi connectivity index (χ3n) is 3.44. The number of hydrogen-bond donors (Lipinski definition) is 2. The summed E-state index contributed by atoms with van der Waals surface area (Å²) in [5.41, 5.74) is 2.04. The third-order valence-corrected chi connectivity index (χ3v) is 3.44. The fourth-order valence-corrected chi connectivity index (χ4v) is 2.37. The number of carbonyl (C=O) groups excluding carboxylic acids is 1. The molecular weight excluding hydrogens is 282 g/mol. The van der Waals surface area contributed by atoms with Gasteiger partial charge in [0.1, 0.15) is 11.5 Å². The summed E-state index contributed by atoms with van der Waals surface area (Å²) in [7, 11) is 1.33. The van der Waals surface area contributed by atoms with Crippen molar-refractivity contribution >= 4 is 16.9 Å². The lowest BCUT2D eigenvalue weighted by Crippen LogP contribution is -2.01. The van der Waals surface area contributed by atoms with Gasteiger partial charge in [-0.15, -0.1) is 0 Å². The Bertz CT molecular complexity index is 822. The van der Waals surface area contributed by atoms with Crippen LogP contribution in [0.5, 0.6) is 11.5 Å². The highest BCUT2D eigenvalue weighted by Crippen LogP contribution is 2.31.